The molecule has 3 rings (SSSR count). The lowest BCUT2D eigenvalue weighted by Gasteiger charge is -2.19. The Labute approximate surface area is 212 Å². The van der Waals surface area contributed by atoms with Gasteiger partial charge in [-0.3, -0.25) is 4.98 Å². The number of benzene rings is 2. The summed E-state index contributed by atoms with van der Waals surface area (Å²) in [7, 11) is 3.21. The van der Waals surface area contributed by atoms with E-state index in [1.54, 1.807) is 27.3 Å². The van der Waals surface area contributed by atoms with Crippen molar-refractivity contribution in [3.63, 3.8) is 0 Å². The Hall–Kier alpha value is -3.52. The average Bonchev–Trinajstić information content (AvgIpc) is 2.87. The second kappa shape index (κ2) is 13.0. The predicted octanol–water partition coefficient (Wildman–Crippen LogP) is 5.13. The zero-order chi connectivity index (χ0) is 26.1. The van der Waals surface area contributed by atoms with Crippen LogP contribution in [0, 0.1) is 0 Å². The summed E-state index contributed by atoms with van der Waals surface area (Å²) >= 11 is 0. The molecule has 0 saturated heterocycles. The highest BCUT2D eigenvalue weighted by Crippen LogP contribution is 2.34. The topological polar surface area (TPSA) is 85.3 Å². The van der Waals surface area contributed by atoms with Crippen LogP contribution in [0.2, 0.25) is 0 Å². The van der Waals surface area contributed by atoms with E-state index in [2.05, 4.69) is 4.98 Å². The number of hydrogen-bond donors (Lipinski definition) is 0. The molecule has 0 saturated carbocycles. The van der Waals surface area contributed by atoms with E-state index in [0.29, 0.717) is 36.9 Å². The molecule has 36 heavy (non-hydrogen) atoms. The van der Waals surface area contributed by atoms with Crippen molar-refractivity contribution < 1.29 is 33.2 Å². The molecule has 8 nitrogen and oxygen atoms in total. The Morgan fingerprint density at radius 2 is 1.78 bits per heavy atom. The third-order valence-electron chi connectivity index (χ3n) is 5.40. The van der Waals surface area contributed by atoms with Crippen molar-refractivity contribution in [2.75, 3.05) is 27.4 Å². The molecular weight excluding hydrogens is 462 g/mol. The number of nitrogens with zero attached hydrogens (tertiary/aromatic N) is 1. The molecule has 0 aliphatic rings. The number of carbonyl (C=O) groups excluding carboxylic acids is 1. The molecule has 2 aromatic carbocycles. The second-order valence-electron chi connectivity index (χ2n) is 8.34. The molecule has 194 valence electrons. The van der Waals surface area contributed by atoms with Crippen LogP contribution in [-0.4, -0.2) is 50.6 Å². The number of methoxy groups -OCH3 is 2. The van der Waals surface area contributed by atoms with Crippen LogP contribution in [0.3, 0.4) is 0 Å². The normalized spacial score (nSPS) is 11.9. The standard InChI is InChI=1S/C28H35NO7/c1-7-33-26(28(30)34-8-2)14-19-9-12-24(32-6)25(13-19)35-17-20-16-29-23-11-10-21(31-5)15-22(23)27(20)36-18(3)4/h9-13,15-16,18,26H,7-8,14,17H2,1-6H3. The lowest BCUT2D eigenvalue weighted by molar-refractivity contribution is -0.156. The van der Waals surface area contributed by atoms with Gasteiger partial charge in [0.15, 0.2) is 17.6 Å². The van der Waals surface area contributed by atoms with Crippen LogP contribution in [0.5, 0.6) is 23.0 Å². The number of rotatable bonds is 13. The third kappa shape index (κ3) is 6.79. The van der Waals surface area contributed by atoms with Gasteiger partial charge in [-0.05, 0) is 63.6 Å². The number of hydrogen-bond acceptors (Lipinski definition) is 8. The highest BCUT2D eigenvalue weighted by Gasteiger charge is 2.22. The van der Waals surface area contributed by atoms with Gasteiger partial charge >= 0.3 is 5.97 Å². The molecule has 0 radical (unpaired) electrons. The lowest BCUT2D eigenvalue weighted by atomic mass is 10.1. The molecule has 0 aliphatic carbocycles. The van der Waals surface area contributed by atoms with Crippen molar-refractivity contribution in [2.24, 2.45) is 0 Å². The fourth-order valence-corrected chi connectivity index (χ4v) is 3.77. The largest absolute Gasteiger partial charge is 0.497 e. The minimum absolute atomic E-state index is 0.0446. The van der Waals surface area contributed by atoms with E-state index in [1.165, 1.54) is 0 Å². The van der Waals surface area contributed by atoms with Gasteiger partial charge in [0.05, 0.1) is 38.0 Å². The molecule has 0 N–H and O–H groups in total. The summed E-state index contributed by atoms with van der Waals surface area (Å²) in [5.41, 5.74) is 2.45. The van der Waals surface area contributed by atoms with Crippen molar-refractivity contribution in [1.29, 1.82) is 0 Å². The van der Waals surface area contributed by atoms with Gasteiger partial charge in [-0.25, -0.2) is 4.79 Å². The molecule has 0 aliphatic heterocycles. The molecule has 0 bridgehead atoms. The van der Waals surface area contributed by atoms with Crippen molar-refractivity contribution in [1.82, 2.24) is 4.98 Å². The molecule has 1 heterocycles. The summed E-state index contributed by atoms with van der Waals surface area (Å²) in [4.78, 5) is 16.9. The maximum atomic E-state index is 12.3. The molecule has 8 heteroatoms. The summed E-state index contributed by atoms with van der Waals surface area (Å²) < 4.78 is 34.1. The maximum Gasteiger partial charge on any atom is 0.335 e. The maximum absolute atomic E-state index is 12.3. The fourth-order valence-electron chi connectivity index (χ4n) is 3.77. The number of carbonyl (C=O) groups is 1. The van der Waals surface area contributed by atoms with E-state index in [0.717, 1.165) is 27.8 Å². The molecule has 0 amide bonds. The first kappa shape index (κ1) is 27.1. The van der Waals surface area contributed by atoms with E-state index in [-0.39, 0.29) is 18.7 Å². The predicted molar refractivity (Wildman–Crippen MR) is 137 cm³/mol. The Bertz CT molecular complexity index is 1160. The van der Waals surface area contributed by atoms with Crippen LogP contribution in [0.1, 0.15) is 38.8 Å². The monoisotopic (exact) mass is 497 g/mol. The van der Waals surface area contributed by atoms with Crippen molar-refractivity contribution in [3.8, 4) is 23.0 Å². The third-order valence-corrected chi connectivity index (χ3v) is 5.40. The Morgan fingerprint density at radius 3 is 2.44 bits per heavy atom. The number of pyridine rings is 1. The van der Waals surface area contributed by atoms with Crippen molar-refractivity contribution in [3.05, 3.63) is 53.7 Å². The number of esters is 1. The summed E-state index contributed by atoms with van der Waals surface area (Å²) in [6.45, 7) is 8.47. The molecule has 1 atom stereocenters. The zero-order valence-corrected chi connectivity index (χ0v) is 21.8. The van der Waals surface area contributed by atoms with E-state index in [1.807, 2.05) is 57.2 Å². The number of aromatic nitrogens is 1. The van der Waals surface area contributed by atoms with Gasteiger partial charge in [0, 0.05) is 24.6 Å². The quantitative estimate of drug-likeness (QED) is 0.301. The van der Waals surface area contributed by atoms with Crippen LogP contribution in [0.4, 0.5) is 0 Å². The fraction of sp³-hybridized carbons (Fsp3) is 0.429. The van der Waals surface area contributed by atoms with Crippen LogP contribution in [0.25, 0.3) is 10.9 Å². The van der Waals surface area contributed by atoms with Crippen LogP contribution < -0.4 is 18.9 Å². The first-order valence-electron chi connectivity index (χ1n) is 12.1. The van der Waals surface area contributed by atoms with Gasteiger partial charge in [-0.1, -0.05) is 6.07 Å². The molecular formula is C28H35NO7. The zero-order valence-electron chi connectivity index (χ0n) is 21.8. The van der Waals surface area contributed by atoms with Gasteiger partial charge in [0.2, 0.25) is 0 Å². The molecule has 0 fully saturated rings. The van der Waals surface area contributed by atoms with E-state index in [9.17, 15) is 4.79 Å². The van der Waals surface area contributed by atoms with Gasteiger partial charge < -0.3 is 28.4 Å². The van der Waals surface area contributed by atoms with Gasteiger partial charge in [0.1, 0.15) is 18.1 Å². The Balaban J connectivity index is 1.89. The van der Waals surface area contributed by atoms with Crippen molar-refractivity contribution >= 4 is 16.9 Å². The van der Waals surface area contributed by atoms with Crippen LogP contribution >= 0.6 is 0 Å². The highest BCUT2D eigenvalue weighted by atomic mass is 16.6. The first-order valence-corrected chi connectivity index (χ1v) is 12.1. The summed E-state index contributed by atoms with van der Waals surface area (Å²) in [5, 5.41) is 0.846. The molecule has 3 aromatic rings. The minimum atomic E-state index is -0.693. The second-order valence-corrected chi connectivity index (χ2v) is 8.34. The van der Waals surface area contributed by atoms with E-state index in [4.69, 9.17) is 28.4 Å². The lowest BCUT2D eigenvalue weighted by Crippen LogP contribution is -2.29. The highest BCUT2D eigenvalue weighted by molar-refractivity contribution is 5.87. The molecule has 1 aromatic heterocycles. The number of ether oxygens (including phenoxy) is 6. The Morgan fingerprint density at radius 1 is 0.972 bits per heavy atom. The number of fused-ring (bicyclic) bond motifs is 1. The minimum Gasteiger partial charge on any atom is -0.497 e. The van der Waals surface area contributed by atoms with Gasteiger partial charge in [0.25, 0.3) is 0 Å². The SMILES string of the molecule is CCOC(=O)C(Cc1ccc(OC)c(OCc2cnc3ccc(OC)cc3c2OC(C)C)c1)OCC. The van der Waals surface area contributed by atoms with Crippen molar-refractivity contribution in [2.45, 2.75) is 52.9 Å². The van der Waals surface area contributed by atoms with Crippen LogP contribution in [0.15, 0.2) is 42.6 Å². The molecule has 1 unspecified atom stereocenters. The average molecular weight is 498 g/mol. The van der Waals surface area contributed by atoms with Gasteiger partial charge in [-0.15, -0.1) is 0 Å². The van der Waals surface area contributed by atoms with E-state index < -0.39 is 6.10 Å². The first-order chi connectivity index (χ1) is 17.4. The summed E-state index contributed by atoms with van der Waals surface area (Å²) in [5.74, 6) is 2.14. The molecule has 0 spiro atoms. The van der Waals surface area contributed by atoms with Crippen LogP contribution in [-0.2, 0) is 27.3 Å². The summed E-state index contributed by atoms with van der Waals surface area (Å²) in [6.07, 6.45) is 1.37. The summed E-state index contributed by atoms with van der Waals surface area (Å²) in [6, 6.07) is 11.2. The van der Waals surface area contributed by atoms with Gasteiger partial charge in [-0.2, -0.15) is 0 Å². The van der Waals surface area contributed by atoms with E-state index >= 15 is 0 Å². The smallest absolute Gasteiger partial charge is 0.335 e. The Kier molecular flexibility index (Phi) is 9.76.